The lowest BCUT2D eigenvalue weighted by atomic mass is 10.2. The maximum absolute atomic E-state index is 13.0. The van der Waals surface area contributed by atoms with Crippen LogP contribution >= 0.6 is 11.3 Å². The highest BCUT2D eigenvalue weighted by atomic mass is 32.1. The zero-order valence-corrected chi connectivity index (χ0v) is 16.0. The average Bonchev–Trinajstić information content (AvgIpc) is 3.01. The van der Waals surface area contributed by atoms with Crippen LogP contribution in [0.4, 0.5) is 9.18 Å². The van der Waals surface area contributed by atoms with E-state index in [-0.39, 0.29) is 16.7 Å². The number of aryl methyl sites for hydroxylation is 1. The molecule has 0 saturated carbocycles. The van der Waals surface area contributed by atoms with Gasteiger partial charge in [-0.25, -0.2) is 19.0 Å². The number of hydrogen-bond donors (Lipinski definition) is 2. The van der Waals surface area contributed by atoms with Crippen molar-refractivity contribution in [3.8, 4) is 10.6 Å². The second-order valence-electron chi connectivity index (χ2n) is 5.85. The molecule has 2 aromatic rings. The van der Waals surface area contributed by atoms with Gasteiger partial charge in [0.1, 0.15) is 15.7 Å². The van der Waals surface area contributed by atoms with Gasteiger partial charge in [-0.15, -0.1) is 11.3 Å². The molecule has 0 aliphatic heterocycles. The summed E-state index contributed by atoms with van der Waals surface area (Å²) in [5.41, 5.74) is 1.11. The number of carbonyl (C=O) groups excluding carboxylic acids is 3. The van der Waals surface area contributed by atoms with Gasteiger partial charge in [-0.2, -0.15) is 0 Å². The zero-order valence-electron chi connectivity index (χ0n) is 15.2. The van der Waals surface area contributed by atoms with E-state index in [1.165, 1.54) is 12.1 Å². The van der Waals surface area contributed by atoms with E-state index in [0.717, 1.165) is 17.8 Å². The molecule has 3 amide bonds. The minimum atomic E-state index is -0.731. The number of esters is 1. The number of rotatable bonds is 6. The molecule has 0 aliphatic rings. The summed E-state index contributed by atoms with van der Waals surface area (Å²) in [6.45, 7) is 4.75. The van der Waals surface area contributed by atoms with Crippen LogP contribution in [0.15, 0.2) is 24.3 Å². The maximum atomic E-state index is 13.0. The van der Waals surface area contributed by atoms with Crippen LogP contribution in [0.2, 0.25) is 0 Å². The number of ether oxygens (including phenoxy) is 1. The smallest absolute Gasteiger partial charge is 0.350 e. The largest absolute Gasteiger partial charge is 0.451 e. The zero-order chi connectivity index (χ0) is 20.0. The fourth-order valence-electron chi connectivity index (χ4n) is 2.02. The van der Waals surface area contributed by atoms with Crippen LogP contribution in [0.5, 0.6) is 0 Å². The SMILES string of the molecule is CC[C@@H](C)NC(=O)NC(=O)COC(=O)c1sc(-c2ccc(F)cc2)nc1C. The molecule has 0 aliphatic carbocycles. The minimum Gasteiger partial charge on any atom is -0.451 e. The molecule has 2 N–H and O–H groups in total. The Bertz CT molecular complexity index is 836. The van der Waals surface area contributed by atoms with Crippen molar-refractivity contribution < 1.29 is 23.5 Å². The first kappa shape index (κ1) is 20.5. The molecule has 1 aromatic carbocycles. The number of carbonyl (C=O) groups is 3. The quantitative estimate of drug-likeness (QED) is 0.735. The third-order valence-corrected chi connectivity index (χ3v) is 4.84. The van der Waals surface area contributed by atoms with Crippen molar-refractivity contribution in [2.75, 3.05) is 6.61 Å². The van der Waals surface area contributed by atoms with E-state index in [4.69, 9.17) is 4.74 Å². The Balaban J connectivity index is 1.93. The minimum absolute atomic E-state index is 0.0786. The molecule has 7 nitrogen and oxygen atoms in total. The summed E-state index contributed by atoms with van der Waals surface area (Å²) in [7, 11) is 0. The highest BCUT2D eigenvalue weighted by Crippen LogP contribution is 2.28. The summed E-state index contributed by atoms with van der Waals surface area (Å²) in [6, 6.07) is 5.01. The second-order valence-corrected chi connectivity index (χ2v) is 6.85. The van der Waals surface area contributed by atoms with E-state index in [9.17, 15) is 18.8 Å². The van der Waals surface area contributed by atoms with Gasteiger partial charge in [-0.05, 0) is 44.5 Å². The van der Waals surface area contributed by atoms with Gasteiger partial charge in [-0.1, -0.05) is 6.92 Å². The van der Waals surface area contributed by atoms with Crippen LogP contribution in [-0.2, 0) is 9.53 Å². The molecule has 27 heavy (non-hydrogen) atoms. The first-order valence-electron chi connectivity index (χ1n) is 8.31. The van der Waals surface area contributed by atoms with E-state index in [0.29, 0.717) is 16.3 Å². The Labute approximate surface area is 159 Å². The number of benzene rings is 1. The maximum Gasteiger partial charge on any atom is 0.350 e. The Morgan fingerprint density at radius 2 is 1.93 bits per heavy atom. The predicted molar refractivity (Wildman–Crippen MR) is 99.0 cm³/mol. The fourth-order valence-corrected chi connectivity index (χ4v) is 2.99. The van der Waals surface area contributed by atoms with Gasteiger partial charge in [0.25, 0.3) is 5.91 Å². The summed E-state index contributed by atoms with van der Waals surface area (Å²) in [5, 5.41) is 5.20. The number of nitrogens with one attached hydrogen (secondary N) is 2. The molecule has 0 bridgehead atoms. The molecule has 9 heteroatoms. The molecule has 144 valence electrons. The summed E-state index contributed by atoms with van der Waals surface area (Å²) < 4.78 is 18.0. The molecular weight excluding hydrogens is 373 g/mol. The Hall–Kier alpha value is -2.81. The number of amides is 3. The van der Waals surface area contributed by atoms with Crippen LogP contribution in [0.25, 0.3) is 10.6 Å². The number of halogens is 1. The molecule has 2 rings (SSSR count). The van der Waals surface area contributed by atoms with Crippen LogP contribution in [0, 0.1) is 12.7 Å². The summed E-state index contributed by atoms with van der Waals surface area (Å²) in [4.78, 5) is 40.0. The van der Waals surface area contributed by atoms with E-state index >= 15 is 0 Å². The van der Waals surface area contributed by atoms with Gasteiger partial charge in [0.2, 0.25) is 0 Å². The van der Waals surface area contributed by atoms with E-state index < -0.39 is 24.5 Å². The van der Waals surface area contributed by atoms with Crippen LogP contribution in [0.1, 0.15) is 35.6 Å². The molecule has 1 heterocycles. The number of urea groups is 1. The Kier molecular flexibility index (Phi) is 7.00. The first-order valence-corrected chi connectivity index (χ1v) is 9.12. The fraction of sp³-hybridized carbons (Fsp3) is 0.333. The van der Waals surface area contributed by atoms with Crippen molar-refractivity contribution in [3.05, 3.63) is 40.7 Å². The monoisotopic (exact) mass is 393 g/mol. The average molecular weight is 393 g/mol. The van der Waals surface area contributed by atoms with Crippen molar-refractivity contribution in [2.45, 2.75) is 33.2 Å². The standard InChI is InChI=1S/C18H20FN3O4S/c1-4-10(2)20-18(25)22-14(23)9-26-17(24)15-11(3)21-16(27-15)12-5-7-13(19)8-6-12/h5-8,10H,4,9H2,1-3H3,(H2,20,22,23,25)/t10-/m1/s1. The van der Waals surface area contributed by atoms with Gasteiger partial charge in [0.15, 0.2) is 6.61 Å². The molecule has 0 fully saturated rings. The van der Waals surface area contributed by atoms with Crippen molar-refractivity contribution in [1.82, 2.24) is 15.6 Å². The highest BCUT2D eigenvalue weighted by molar-refractivity contribution is 7.17. The molecule has 0 radical (unpaired) electrons. The molecule has 1 atom stereocenters. The topological polar surface area (TPSA) is 97.4 Å². The van der Waals surface area contributed by atoms with Crippen LogP contribution < -0.4 is 10.6 Å². The summed E-state index contributed by atoms with van der Waals surface area (Å²) >= 11 is 1.08. The molecule has 0 spiro atoms. The number of hydrogen-bond acceptors (Lipinski definition) is 6. The summed E-state index contributed by atoms with van der Waals surface area (Å²) in [5.74, 6) is -1.81. The second kappa shape index (κ2) is 9.22. The lowest BCUT2D eigenvalue weighted by Crippen LogP contribution is -2.44. The first-order chi connectivity index (χ1) is 12.8. The van der Waals surface area contributed by atoms with Crippen LogP contribution in [0.3, 0.4) is 0 Å². The van der Waals surface area contributed by atoms with Crippen molar-refractivity contribution in [3.63, 3.8) is 0 Å². The third-order valence-electron chi connectivity index (χ3n) is 3.65. The Morgan fingerprint density at radius 1 is 1.26 bits per heavy atom. The van der Waals surface area contributed by atoms with Crippen molar-refractivity contribution in [2.24, 2.45) is 0 Å². The molecule has 0 saturated heterocycles. The normalized spacial score (nSPS) is 11.6. The lowest BCUT2D eigenvalue weighted by molar-refractivity contribution is -0.123. The number of imide groups is 1. The van der Waals surface area contributed by atoms with Gasteiger partial charge in [0, 0.05) is 11.6 Å². The predicted octanol–water partition coefficient (Wildman–Crippen LogP) is 3.04. The molecule has 1 aromatic heterocycles. The number of aromatic nitrogens is 1. The van der Waals surface area contributed by atoms with Gasteiger partial charge in [-0.3, -0.25) is 10.1 Å². The van der Waals surface area contributed by atoms with Gasteiger partial charge >= 0.3 is 12.0 Å². The lowest BCUT2D eigenvalue weighted by Gasteiger charge is -2.11. The van der Waals surface area contributed by atoms with Crippen LogP contribution in [-0.4, -0.2) is 35.5 Å². The number of nitrogens with zero attached hydrogens (tertiary/aromatic N) is 1. The Morgan fingerprint density at radius 3 is 2.56 bits per heavy atom. The molecule has 0 unspecified atom stereocenters. The summed E-state index contributed by atoms with van der Waals surface area (Å²) in [6.07, 6.45) is 0.720. The third kappa shape index (κ3) is 5.85. The van der Waals surface area contributed by atoms with Crippen molar-refractivity contribution in [1.29, 1.82) is 0 Å². The van der Waals surface area contributed by atoms with Gasteiger partial charge < -0.3 is 10.1 Å². The van der Waals surface area contributed by atoms with E-state index in [1.807, 2.05) is 6.92 Å². The van der Waals surface area contributed by atoms with Gasteiger partial charge in [0.05, 0.1) is 5.69 Å². The highest BCUT2D eigenvalue weighted by Gasteiger charge is 2.19. The van der Waals surface area contributed by atoms with E-state index in [1.54, 1.807) is 26.0 Å². The van der Waals surface area contributed by atoms with Crippen molar-refractivity contribution >= 4 is 29.2 Å². The number of thiazole rings is 1. The van der Waals surface area contributed by atoms with E-state index in [2.05, 4.69) is 15.6 Å². The molecular formula is C18H20FN3O4S.